The predicted molar refractivity (Wildman–Crippen MR) is 75.7 cm³/mol. The number of carbonyl (C=O) groups is 2. The van der Waals surface area contributed by atoms with Gasteiger partial charge in [0.05, 0.1) is 12.2 Å². The van der Waals surface area contributed by atoms with Crippen LogP contribution in [-0.2, 0) is 9.53 Å². The number of hydrogen-bond donors (Lipinski definition) is 1. The first-order valence-electron chi connectivity index (χ1n) is 6.40. The van der Waals surface area contributed by atoms with Gasteiger partial charge in [-0.2, -0.15) is 0 Å². The van der Waals surface area contributed by atoms with E-state index in [1.165, 1.54) is 0 Å². The van der Waals surface area contributed by atoms with Crippen molar-refractivity contribution in [3.8, 4) is 5.75 Å². The van der Waals surface area contributed by atoms with Gasteiger partial charge in [0, 0.05) is 0 Å². The van der Waals surface area contributed by atoms with E-state index in [-0.39, 0.29) is 12.5 Å². The molecule has 1 unspecified atom stereocenters. The summed E-state index contributed by atoms with van der Waals surface area (Å²) < 4.78 is 10.2. The van der Waals surface area contributed by atoms with Crippen LogP contribution in [0.4, 0.5) is 0 Å². The van der Waals surface area contributed by atoms with Gasteiger partial charge in [0.2, 0.25) is 0 Å². The Hall–Kier alpha value is -2.30. The van der Waals surface area contributed by atoms with Crippen LogP contribution in [0.2, 0.25) is 0 Å². The summed E-state index contributed by atoms with van der Waals surface area (Å²) in [5.74, 6) is -0.406. The van der Waals surface area contributed by atoms with Crippen LogP contribution >= 0.6 is 0 Å². The topological polar surface area (TPSA) is 64.6 Å². The lowest BCUT2D eigenvalue weighted by Crippen LogP contribution is -2.39. The highest BCUT2D eigenvalue weighted by Gasteiger charge is 2.19. The van der Waals surface area contributed by atoms with Crippen LogP contribution in [0, 0.1) is 0 Å². The van der Waals surface area contributed by atoms with Crippen molar-refractivity contribution in [2.75, 3.05) is 13.2 Å². The van der Waals surface area contributed by atoms with E-state index in [2.05, 4.69) is 11.9 Å². The van der Waals surface area contributed by atoms with E-state index in [0.29, 0.717) is 17.9 Å². The summed E-state index contributed by atoms with van der Waals surface area (Å²) in [5, 5.41) is 2.58. The summed E-state index contributed by atoms with van der Waals surface area (Å²) in [7, 11) is 0. The molecule has 108 valence electrons. The standard InChI is InChI=1S/C15H19NO4/c1-4-10-20-13-9-7-6-8-12(13)14(17)16-11(3)15(18)19-5-2/h4,6-9,11H,1,5,10H2,2-3H3,(H,16,17). The molecule has 1 atom stereocenters. The third-order valence-electron chi connectivity index (χ3n) is 2.48. The van der Waals surface area contributed by atoms with Crippen molar-refractivity contribution in [2.45, 2.75) is 19.9 Å². The van der Waals surface area contributed by atoms with Gasteiger partial charge >= 0.3 is 5.97 Å². The van der Waals surface area contributed by atoms with Crippen molar-refractivity contribution in [1.82, 2.24) is 5.32 Å². The van der Waals surface area contributed by atoms with Gasteiger partial charge in [0.1, 0.15) is 18.4 Å². The molecule has 5 heteroatoms. The molecule has 5 nitrogen and oxygen atoms in total. The Morgan fingerprint density at radius 1 is 1.40 bits per heavy atom. The van der Waals surface area contributed by atoms with Gasteiger partial charge in [-0.05, 0) is 26.0 Å². The molecule has 0 aliphatic carbocycles. The number of rotatable bonds is 7. The minimum Gasteiger partial charge on any atom is -0.489 e. The maximum absolute atomic E-state index is 12.1. The van der Waals surface area contributed by atoms with E-state index >= 15 is 0 Å². The molecule has 0 aliphatic rings. The van der Waals surface area contributed by atoms with E-state index in [9.17, 15) is 9.59 Å². The molecule has 0 saturated heterocycles. The van der Waals surface area contributed by atoms with Gasteiger partial charge in [-0.3, -0.25) is 4.79 Å². The van der Waals surface area contributed by atoms with Crippen LogP contribution in [-0.4, -0.2) is 31.1 Å². The Morgan fingerprint density at radius 3 is 2.75 bits per heavy atom. The zero-order valence-corrected chi connectivity index (χ0v) is 11.7. The molecule has 0 bridgehead atoms. The largest absolute Gasteiger partial charge is 0.489 e. The molecule has 1 aromatic carbocycles. The summed E-state index contributed by atoms with van der Waals surface area (Å²) in [6.07, 6.45) is 1.59. The zero-order valence-electron chi connectivity index (χ0n) is 11.7. The number of carbonyl (C=O) groups excluding carboxylic acids is 2. The average Bonchev–Trinajstić information content (AvgIpc) is 2.45. The van der Waals surface area contributed by atoms with Crippen molar-refractivity contribution in [1.29, 1.82) is 0 Å². The molecule has 0 saturated carbocycles. The number of para-hydroxylation sites is 1. The first kappa shape index (κ1) is 15.8. The monoisotopic (exact) mass is 277 g/mol. The SMILES string of the molecule is C=CCOc1ccccc1C(=O)NC(C)C(=O)OCC. The van der Waals surface area contributed by atoms with Gasteiger partial charge in [-0.15, -0.1) is 0 Å². The minimum atomic E-state index is -0.713. The number of amides is 1. The van der Waals surface area contributed by atoms with Crippen molar-refractivity contribution in [3.63, 3.8) is 0 Å². The lowest BCUT2D eigenvalue weighted by atomic mass is 10.1. The summed E-state index contributed by atoms with van der Waals surface area (Å²) in [4.78, 5) is 23.6. The number of hydrogen-bond acceptors (Lipinski definition) is 4. The molecule has 0 radical (unpaired) electrons. The van der Waals surface area contributed by atoms with E-state index in [4.69, 9.17) is 9.47 Å². The molecule has 0 aliphatic heterocycles. The molecule has 1 N–H and O–H groups in total. The second-order valence-corrected chi connectivity index (χ2v) is 4.04. The lowest BCUT2D eigenvalue weighted by Gasteiger charge is -2.14. The highest BCUT2D eigenvalue weighted by molar-refractivity contribution is 5.99. The molecule has 20 heavy (non-hydrogen) atoms. The molecular weight excluding hydrogens is 258 g/mol. The van der Waals surface area contributed by atoms with E-state index in [0.717, 1.165) is 0 Å². The van der Waals surface area contributed by atoms with Gasteiger partial charge in [0.15, 0.2) is 0 Å². The molecule has 1 aromatic rings. The highest BCUT2D eigenvalue weighted by Crippen LogP contribution is 2.18. The molecule has 0 aromatic heterocycles. The van der Waals surface area contributed by atoms with Crippen molar-refractivity contribution in [2.24, 2.45) is 0 Å². The maximum Gasteiger partial charge on any atom is 0.328 e. The number of ether oxygens (including phenoxy) is 2. The van der Waals surface area contributed by atoms with Crippen molar-refractivity contribution >= 4 is 11.9 Å². The van der Waals surface area contributed by atoms with Gasteiger partial charge in [-0.1, -0.05) is 24.8 Å². The number of benzene rings is 1. The summed E-state index contributed by atoms with van der Waals surface area (Å²) in [6.45, 7) is 7.42. The van der Waals surface area contributed by atoms with Crippen LogP contribution in [0.15, 0.2) is 36.9 Å². The molecule has 1 amide bonds. The van der Waals surface area contributed by atoms with Gasteiger partial charge in [0.25, 0.3) is 5.91 Å². The molecular formula is C15H19NO4. The van der Waals surface area contributed by atoms with Crippen LogP contribution in [0.3, 0.4) is 0 Å². The first-order chi connectivity index (χ1) is 9.60. The third kappa shape index (κ3) is 4.42. The van der Waals surface area contributed by atoms with Crippen molar-refractivity contribution in [3.05, 3.63) is 42.5 Å². The first-order valence-corrected chi connectivity index (χ1v) is 6.40. The Bertz CT molecular complexity index is 485. The number of nitrogens with one attached hydrogen (secondary N) is 1. The highest BCUT2D eigenvalue weighted by atomic mass is 16.5. The fourth-order valence-corrected chi connectivity index (χ4v) is 1.53. The molecule has 0 fully saturated rings. The smallest absolute Gasteiger partial charge is 0.328 e. The minimum absolute atomic E-state index is 0.276. The third-order valence-corrected chi connectivity index (χ3v) is 2.48. The zero-order chi connectivity index (χ0) is 15.0. The van der Waals surface area contributed by atoms with E-state index in [1.807, 2.05) is 0 Å². The Balaban J connectivity index is 2.76. The van der Waals surface area contributed by atoms with E-state index in [1.54, 1.807) is 44.2 Å². The van der Waals surface area contributed by atoms with Crippen molar-refractivity contribution < 1.29 is 19.1 Å². The van der Waals surface area contributed by atoms with Crippen LogP contribution < -0.4 is 10.1 Å². The Labute approximate surface area is 118 Å². The maximum atomic E-state index is 12.1. The normalized spacial score (nSPS) is 11.3. The van der Waals surface area contributed by atoms with Crippen LogP contribution in [0.5, 0.6) is 5.75 Å². The molecule has 1 rings (SSSR count). The fourth-order valence-electron chi connectivity index (χ4n) is 1.53. The Kier molecular flexibility index (Phi) is 6.29. The second-order valence-electron chi connectivity index (χ2n) is 4.04. The van der Waals surface area contributed by atoms with Crippen LogP contribution in [0.1, 0.15) is 24.2 Å². The summed E-state index contributed by atoms with van der Waals surface area (Å²) >= 11 is 0. The quantitative estimate of drug-likeness (QED) is 0.611. The second kappa shape index (κ2) is 7.99. The van der Waals surface area contributed by atoms with Gasteiger partial charge in [-0.25, -0.2) is 4.79 Å². The van der Waals surface area contributed by atoms with Crippen LogP contribution in [0.25, 0.3) is 0 Å². The summed E-state index contributed by atoms with van der Waals surface area (Å²) in [5.41, 5.74) is 0.366. The van der Waals surface area contributed by atoms with Gasteiger partial charge < -0.3 is 14.8 Å². The van der Waals surface area contributed by atoms with E-state index < -0.39 is 12.0 Å². The molecule has 0 spiro atoms. The molecule has 0 heterocycles. The number of esters is 1. The average molecular weight is 277 g/mol. The lowest BCUT2D eigenvalue weighted by molar-refractivity contribution is -0.144. The fraction of sp³-hybridized carbons (Fsp3) is 0.333. The Morgan fingerprint density at radius 2 is 2.10 bits per heavy atom. The predicted octanol–water partition coefficient (Wildman–Crippen LogP) is 1.93. The summed E-state index contributed by atoms with van der Waals surface area (Å²) in [6, 6.07) is 6.10.